The van der Waals surface area contributed by atoms with Gasteiger partial charge in [-0.05, 0) is 32.6 Å². The molecule has 0 spiro atoms. The summed E-state index contributed by atoms with van der Waals surface area (Å²) in [6, 6.07) is 1.29. The predicted molar refractivity (Wildman–Crippen MR) is 63.4 cm³/mol. The summed E-state index contributed by atoms with van der Waals surface area (Å²) in [5.74, 6) is 1.40. The van der Waals surface area contributed by atoms with E-state index in [-0.39, 0.29) is 0 Å². The third kappa shape index (κ3) is 2.38. The molecule has 0 saturated carbocycles. The van der Waals surface area contributed by atoms with Gasteiger partial charge in [-0.1, -0.05) is 32.4 Å². The predicted octanol–water partition coefficient (Wildman–Crippen LogP) is 3.32. The lowest BCUT2D eigenvalue weighted by Crippen LogP contribution is -2.45. The Balaban J connectivity index is 2.86. The highest BCUT2D eigenvalue weighted by Gasteiger charge is 2.27. The largest absolute Gasteiger partial charge is 0.294 e. The van der Waals surface area contributed by atoms with E-state index in [9.17, 15) is 0 Å². The van der Waals surface area contributed by atoms with Crippen molar-refractivity contribution in [1.82, 2.24) is 4.90 Å². The van der Waals surface area contributed by atoms with Crippen LogP contribution in [0.15, 0.2) is 11.6 Å². The summed E-state index contributed by atoms with van der Waals surface area (Å²) in [7, 11) is 0. The van der Waals surface area contributed by atoms with Crippen LogP contribution in [0.4, 0.5) is 0 Å². The summed E-state index contributed by atoms with van der Waals surface area (Å²) in [5, 5.41) is 0. The Morgan fingerprint density at radius 1 is 1.21 bits per heavy atom. The summed E-state index contributed by atoms with van der Waals surface area (Å²) in [5.41, 5.74) is 1.62. The summed E-state index contributed by atoms with van der Waals surface area (Å²) in [6.45, 7) is 15.1. The fourth-order valence-corrected chi connectivity index (χ4v) is 2.54. The van der Waals surface area contributed by atoms with Crippen molar-refractivity contribution in [2.24, 2.45) is 11.8 Å². The molecule has 0 aromatic heterocycles. The van der Waals surface area contributed by atoms with Crippen molar-refractivity contribution in [3.05, 3.63) is 11.6 Å². The maximum Gasteiger partial charge on any atom is 0.0284 e. The summed E-state index contributed by atoms with van der Waals surface area (Å²) in [4.78, 5) is 2.61. The fourth-order valence-electron chi connectivity index (χ4n) is 2.54. The van der Waals surface area contributed by atoms with Crippen molar-refractivity contribution in [1.29, 1.82) is 0 Å². The molecule has 0 fully saturated rings. The molecule has 0 radical (unpaired) electrons. The van der Waals surface area contributed by atoms with E-state index in [0.29, 0.717) is 23.9 Å². The van der Waals surface area contributed by atoms with E-state index >= 15 is 0 Å². The Bertz CT molecular complexity index is 215. The van der Waals surface area contributed by atoms with Crippen molar-refractivity contribution in [2.45, 2.75) is 53.6 Å². The zero-order valence-corrected chi connectivity index (χ0v) is 10.5. The molecule has 1 aliphatic heterocycles. The molecule has 0 amide bonds. The number of hydrogen-bond donors (Lipinski definition) is 0. The first-order valence-corrected chi connectivity index (χ1v) is 5.90. The van der Waals surface area contributed by atoms with Gasteiger partial charge in [0.15, 0.2) is 0 Å². The Labute approximate surface area is 89.2 Å². The lowest BCUT2D eigenvalue weighted by molar-refractivity contribution is 0.150. The van der Waals surface area contributed by atoms with Gasteiger partial charge in [-0.15, -0.1) is 0 Å². The molecular formula is C13H25N. The van der Waals surface area contributed by atoms with E-state index in [4.69, 9.17) is 0 Å². The molecule has 0 saturated heterocycles. The van der Waals surface area contributed by atoms with Crippen LogP contribution in [0.1, 0.15) is 41.5 Å². The van der Waals surface area contributed by atoms with Crippen LogP contribution in [0, 0.1) is 11.8 Å². The van der Waals surface area contributed by atoms with Gasteiger partial charge in [0, 0.05) is 18.6 Å². The molecule has 0 aliphatic carbocycles. The summed E-state index contributed by atoms with van der Waals surface area (Å²) >= 11 is 0. The number of rotatable bonds is 2. The molecule has 1 aliphatic rings. The maximum absolute atomic E-state index is 2.61. The minimum Gasteiger partial charge on any atom is -0.294 e. The third-order valence-corrected chi connectivity index (χ3v) is 3.29. The lowest BCUT2D eigenvalue weighted by Gasteiger charge is -2.41. The number of nitrogens with zero attached hydrogens (tertiary/aromatic N) is 1. The lowest BCUT2D eigenvalue weighted by atomic mass is 9.87. The molecule has 14 heavy (non-hydrogen) atoms. The van der Waals surface area contributed by atoms with E-state index in [1.54, 1.807) is 5.57 Å². The van der Waals surface area contributed by atoms with Crippen LogP contribution in [0.3, 0.4) is 0 Å². The highest BCUT2D eigenvalue weighted by atomic mass is 15.2. The Morgan fingerprint density at radius 2 is 1.79 bits per heavy atom. The van der Waals surface area contributed by atoms with Crippen molar-refractivity contribution in [2.75, 3.05) is 6.54 Å². The Hall–Kier alpha value is -0.300. The van der Waals surface area contributed by atoms with Crippen LogP contribution >= 0.6 is 0 Å². The normalized spacial score (nSPS) is 29.9. The minimum absolute atomic E-state index is 0.631. The first-order chi connectivity index (χ1) is 6.43. The van der Waals surface area contributed by atoms with Crippen LogP contribution in [-0.4, -0.2) is 23.5 Å². The quantitative estimate of drug-likeness (QED) is 0.611. The van der Waals surface area contributed by atoms with Gasteiger partial charge >= 0.3 is 0 Å². The van der Waals surface area contributed by atoms with Gasteiger partial charge in [0.25, 0.3) is 0 Å². The van der Waals surface area contributed by atoms with Gasteiger partial charge in [0.05, 0.1) is 0 Å². The highest BCUT2D eigenvalue weighted by molar-refractivity contribution is 5.17. The first-order valence-electron chi connectivity index (χ1n) is 5.90. The molecule has 0 aromatic rings. The zero-order chi connectivity index (χ0) is 10.9. The Kier molecular flexibility index (Phi) is 3.77. The Morgan fingerprint density at radius 3 is 2.21 bits per heavy atom. The molecule has 2 unspecified atom stereocenters. The fraction of sp³-hybridized carbons (Fsp3) is 0.846. The molecule has 2 atom stereocenters. The topological polar surface area (TPSA) is 3.24 Å². The second kappa shape index (κ2) is 4.48. The second-order valence-corrected chi connectivity index (χ2v) is 5.27. The van der Waals surface area contributed by atoms with Crippen LogP contribution in [-0.2, 0) is 0 Å². The molecular weight excluding hydrogens is 170 g/mol. The van der Waals surface area contributed by atoms with Gasteiger partial charge in [-0.3, -0.25) is 4.90 Å². The van der Waals surface area contributed by atoms with Gasteiger partial charge < -0.3 is 0 Å². The van der Waals surface area contributed by atoms with E-state index in [1.807, 2.05) is 0 Å². The molecule has 1 heteroatoms. The minimum atomic E-state index is 0.631. The highest BCUT2D eigenvalue weighted by Crippen LogP contribution is 2.27. The second-order valence-electron chi connectivity index (χ2n) is 5.27. The molecule has 1 heterocycles. The van der Waals surface area contributed by atoms with Crippen molar-refractivity contribution in [3.8, 4) is 0 Å². The van der Waals surface area contributed by atoms with Crippen LogP contribution in [0.25, 0.3) is 0 Å². The molecule has 82 valence electrons. The van der Waals surface area contributed by atoms with Gasteiger partial charge in [-0.2, -0.15) is 0 Å². The average Bonchev–Trinajstić information content (AvgIpc) is 2.07. The molecule has 0 bridgehead atoms. The van der Waals surface area contributed by atoms with Crippen LogP contribution in [0.5, 0.6) is 0 Å². The van der Waals surface area contributed by atoms with Crippen LogP contribution in [0.2, 0.25) is 0 Å². The van der Waals surface area contributed by atoms with Crippen molar-refractivity contribution in [3.63, 3.8) is 0 Å². The average molecular weight is 195 g/mol. The van der Waals surface area contributed by atoms with E-state index in [0.717, 1.165) is 0 Å². The van der Waals surface area contributed by atoms with E-state index in [2.05, 4.69) is 52.5 Å². The maximum atomic E-state index is 2.61. The van der Waals surface area contributed by atoms with E-state index < -0.39 is 0 Å². The smallest absolute Gasteiger partial charge is 0.0284 e. The standard InChI is InChI=1S/C13H25N/c1-9(2)13-7-11(5)8-14(10(3)4)12(13)6/h7,9-12H,8H2,1-6H3. The number of hydrogen-bond acceptors (Lipinski definition) is 1. The monoisotopic (exact) mass is 195 g/mol. The third-order valence-electron chi connectivity index (χ3n) is 3.29. The molecule has 1 rings (SSSR count). The molecule has 1 nitrogen and oxygen atoms in total. The molecule has 0 aromatic carbocycles. The summed E-state index contributed by atoms with van der Waals surface area (Å²) < 4.78 is 0. The first kappa shape index (κ1) is 11.8. The van der Waals surface area contributed by atoms with E-state index in [1.165, 1.54) is 6.54 Å². The van der Waals surface area contributed by atoms with Crippen molar-refractivity contribution >= 4 is 0 Å². The van der Waals surface area contributed by atoms with Crippen LogP contribution < -0.4 is 0 Å². The summed E-state index contributed by atoms with van der Waals surface area (Å²) in [6.07, 6.45) is 2.48. The SMILES string of the molecule is CC1C=C(C(C)C)C(C)N(C(C)C)C1. The van der Waals surface area contributed by atoms with Crippen molar-refractivity contribution < 1.29 is 0 Å². The molecule has 0 N–H and O–H groups in total. The van der Waals surface area contributed by atoms with Gasteiger partial charge in [0.1, 0.15) is 0 Å². The van der Waals surface area contributed by atoms with Gasteiger partial charge in [0.2, 0.25) is 0 Å². The van der Waals surface area contributed by atoms with Gasteiger partial charge in [-0.25, -0.2) is 0 Å². The zero-order valence-electron chi connectivity index (χ0n) is 10.5.